The maximum absolute atomic E-state index is 12.0. The van der Waals surface area contributed by atoms with Gasteiger partial charge in [-0.3, -0.25) is 4.79 Å². The number of hydrogen-bond donors (Lipinski definition) is 1. The molecule has 1 amide bonds. The van der Waals surface area contributed by atoms with Crippen LogP contribution in [0.3, 0.4) is 0 Å². The van der Waals surface area contributed by atoms with Crippen molar-refractivity contribution in [3.63, 3.8) is 0 Å². The van der Waals surface area contributed by atoms with E-state index in [0.717, 1.165) is 5.56 Å². The van der Waals surface area contributed by atoms with Gasteiger partial charge in [-0.25, -0.2) is 0 Å². The fourth-order valence-corrected chi connectivity index (χ4v) is 2.26. The molecule has 0 bridgehead atoms. The highest BCUT2D eigenvalue weighted by Crippen LogP contribution is 2.28. The maximum Gasteiger partial charge on any atom is 0.258 e. The molecular formula is C20H25NO5. The zero-order valence-electron chi connectivity index (χ0n) is 15.6. The molecule has 0 aliphatic rings. The quantitative estimate of drug-likeness (QED) is 0.745. The first-order valence-electron chi connectivity index (χ1n) is 8.39. The van der Waals surface area contributed by atoms with Crippen molar-refractivity contribution < 1.29 is 23.7 Å². The summed E-state index contributed by atoms with van der Waals surface area (Å²) in [4.78, 5) is 12.0. The van der Waals surface area contributed by atoms with Crippen LogP contribution < -0.4 is 24.3 Å². The van der Waals surface area contributed by atoms with Crippen LogP contribution in [0.25, 0.3) is 0 Å². The van der Waals surface area contributed by atoms with E-state index in [9.17, 15) is 4.79 Å². The number of nitrogens with one attached hydrogen (secondary N) is 1. The van der Waals surface area contributed by atoms with Gasteiger partial charge in [0.05, 0.1) is 20.3 Å². The molecule has 0 heterocycles. The zero-order chi connectivity index (χ0) is 18.9. The summed E-state index contributed by atoms with van der Waals surface area (Å²) in [6.45, 7) is 4.21. The van der Waals surface area contributed by atoms with Crippen LogP contribution in [0.15, 0.2) is 42.5 Å². The lowest BCUT2D eigenvalue weighted by atomic mass is 10.2. The minimum Gasteiger partial charge on any atom is -0.497 e. The van der Waals surface area contributed by atoms with Crippen LogP contribution in [-0.2, 0) is 11.3 Å². The van der Waals surface area contributed by atoms with E-state index in [-0.39, 0.29) is 18.6 Å². The lowest BCUT2D eigenvalue weighted by Gasteiger charge is -2.15. The Balaban J connectivity index is 1.86. The van der Waals surface area contributed by atoms with E-state index in [1.165, 1.54) is 0 Å². The normalized spacial score (nSPS) is 10.3. The monoisotopic (exact) mass is 359 g/mol. The largest absolute Gasteiger partial charge is 0.497 e. The van der Waals surface area contributed by atoms with Gasteiger partial charge < -0.3 is 24.3 Å². The molecule has 0 atom stereocenters. The summed E-state index contributed by atoms with van der Waals surface area (Å²) in [5.41, 5.74) is 0.910. The molecule has 0 aromatic heterocycles. The van der Waals surface area contributed by atoms with Crippen LogP contribution in [0.1, 0.15) is 19.4 Å². The van der Waals surface area contributed by atoms with Gasteiger partial charge >= 0.3 is 0 Å². The van der Waals surface area contributed by atoms with E-state index >= 15 is 0 Å². The van der Waals surface area contributed by atoms with E-state index in [1.54, 1.807) is 32.4 Å². The van der Waals surface area contributed by atoms with Crippen LogP contribution in [0.2, 0.25) is 0 Å². The molecule has 6 nitrogen and oxygen atoms in total. The fraction of sp³-hybridized carbons (Fsp3) is 0.350. The average molecular weight is 359 g/mol. The predicted molar refractivity (Wildman–Crippen MR) is 99.1 cm³/mol. The molecule has 2 aromatic carbocycles. The topological polar surface area (TPSA) is 66.0 Å². The first-order valence-corrected chi connectivity index (χ1v) is 8.39. The molecule has 140 valence electrons. The summed E-state index contributed by atoms with van der Waals surface area (Å²) < 4.78 is 21.6. The van der Waals surface area contributed by atoms with Crippen molar-refractivity contribution in [2.45, 2.75) is 26.5 Å². The summed E-state index contributed by atoms with van der Waals surface area (Å²) in [6.07, 6.45) is 0.0585. The number of ether oxygens (including phenoxy) is 4. The number of amides is 1. The highest BCUT2D eigenvalue weighted by Gasteiger charge is 2.09. The molecule has 0 spiro atoms. The van der Waals surface area contributed by atoms with E-state index < -0.39 is 0 Å². The van der Waals surface area contributed by atoms with Crippen molar-refractivity contribution >= 4 is 5.91 Å². The Labute approximate surface area is 154 Å². The molecule has 0 saturated carbocycles. The molecule has 26 heavy (non-hydrogen) atoms. The molecule has 0 aliphatic carbocycles. The summed E-state index contributed by atoms with van der Waals surface area (Å²) in [5, 5.41) is 2.82. The SMILES string of the molecule is COc1cccc(OCC(=O)NCc2ccc(OC(C)C)c(OC)c2)c1. The minimum atomic E-state index is -0.214. The summed E-state index contributed by atoms with van der Waals surface area (Å²) in [6, 6.07) is 12.7. The highest BCUT2D eigenvalue weighted by molar-refractivity contribution is 5.77. The molecule has 2 rings (SSSR count). The third kappa shape index (κ3) is 5.88. The highest BCUT2D eigenvalue weighted by atomic mass is 16.5. The number of rotatable bonds is 9. The van der Waals surface area contributed by atoms with Crippen LogP contribution in [0.4, 0.5) is 0 Å². The standard InChI is InChI=1S/C20H25NO5/c1-14(2)26-18-9-8-15(10-19(18)24-4)12-21-20(22)13-25-17-7-5-6-16(11-17)23-3/h5-11,14H,12-13H2,1-4H3,(H,21,22). The third-order valence-corrected chi connectivity index (χ3v) is 3.49. The molecule has 0 saturated heterocycles. The Morgan fingerprint density at radius 3 is 2.46 bits per heavy atom. The van der Waals surface area contributed by atoms with Crippen LogP contribution in [-0.4, -0.2) is 32.8 Å². The molecule has 0 aliphatic heterocycles. The molecule has 1 N–H and O–H groups in total. The number of carbonyl (C=O) groups excluding carboxylic acids is 1. The van der Waals surface area contributed by atoms with Crippen molar-refractivity contribution in [2.75, 3.05) is 20.8 Å². The van der Waals surface area contributed by atoms with Gasteiger partial charge in [-0.05, 0) is 43.7 Å². The van der Waals surface area contributed by atoms with Crippen molar-refractivity contribution in [1.29, 1.82) is 0 Å². The Morgan fingerprint density at radius 2 is 1.77 bits per heavy atom. The van der Waals surface area contributed by atoms with E-state index in [1.807, 2.05) is 38.1 Å². The number of hydrogen-bond acceptors (Lipinski definition) is 5. The van der Waals surface area contributed by atoms with E-state index in [0.29, 0.717) is 29.5 Å². The van der Waals surface area contributed by atoms with Crippen molar-refractivity contribution in [3.05, 3.63) is 48.0 Å². The van der Waals surface area contributed by atoms with Gasteiger partial charge in [-0.2, -0.15) is 0 Å². The second-order valence-corrected chi connectivity index (χ2v) is 5.90. The van der Waals surface area contributed by atoms with Gasteiger partial charge in [-0.15, -0.1) is 0 Å². The summed E-state index contributed by atoms with van der Waals surface area (Å²) in [5.74, 6) is 2.36. The van der Waals surface area contributed by atoms with E-state index in [4.69, 9.17) is 18.9 Å². The maximum atomic E-state index is 12.0. The molecule has 2 aromatic rings. The lowest BCUT2D eigenvalue weighted by molar-refractivity contribution is -0.123. The summed E-state index contributed by atoms with van der Waals surface area (Å²) >= 11 is 0. The fourth-order valence-electron chi connectivity index (χ4n) is 2.26. The van der Waals surface area contributed by atoms with Crippen molar-refractivity contribution in [3.8, 4) is 23.0 Å². The van der Waals surface area contributed by atoms with Crippen LogP contribution >= 0.6 is 0 Å². The van der Waals surface area contributed by atoms with Crippen molar-refractivity contribution in [2.24, 2.45) is 0 Å². The second kappa shape index (κ2) is 9.56. The van der Waals surface area contributed by atoms with Gasteiger partial charge in [-0.1, -0.05) is 12.1 Å². The zero-order valence-corrected chi connectivity index (χ0v) is 15.6. The number of carbonyl (C=O) groups is 1. The number of methoxy groups -OCH3 is 2. The molecular weight excluding hydrogens is 334 g/mol. The third-order valence-electron chi connectivity index (χ3n) is 3.49. The van der Waals surface area contributed by atoms with Crippen molar-refractivity contribution in [1.82, 2.24) is 5.32 Å². The first kappa shape index (κ1) is 19.4. The Bertz CT molecular complexity index is 730. The van der Waals surface area contributed by atoms with Gasteiger partial charge in [0, 0.05) is 12.6 Å². The molecule has 0 radical (unpaired) electrons. The van der Waals surface area contributed by atoms with Gasteiger partial charge in [0.15, 0.2) is 18.1 Å². The van der Waals surface area contributed by atoms with Crippen LogP contribution in [0, 0.1) is 0 Å². The van der Waals surface area contributed by atoms with E-state index in [2.05, 4.69) is 5.32 Å². The molecule has 6 heteroatoms. The molecule has 0 unspecified atom stereocenters. The van der Waals surface area contributed by atoms with Gasteiger partial charge in [0.25, 0.3) is 5.91 Å². The lowest BCUT2D eigenvalue weighted by Crippen LogP contribution is -2.28. The van der Waals surface area contributed by atoms with Gasteiger partial charge in [0.2, 0.25) is 0 Å². The first-order chi connectivity index (χ1) is 12.5. The van der Waals surface area contributed by atoms with Crippen LogP contribution in [0.5, 0.6) is 23.0 Å². The smallest absolute Gasteiger partial charge is 0.258 e. The average Bonchev–Trinajstić information content (AvgIpc) is 2.65. The second-order valence-electron chi connectivity index (χ2n) is 5.90. The molecule has 0 fully saturated rings. The predicted octanol–water partition coefficient (Wildman–Crippen LogP) is 3.19. The Kier molecular flexibility index (Phi) is 7.14. The Hall–Kier alpha value is -2.89. The number of benzene rings is 2. The van der Waals surface area contributed by atoms with Gasteiger partial charge in [0.1, 0.15) is 11.5 Å². The minimum absolute atomic E-state index is 0.0585. The summed E-state index contributed by atoms with van der Waals surface area (Å²) in [7, 11) is 3.17. The Morgan fingerprint density at radius 1 is 1.00 bits per heavy atom.